The molecule has 0 unspecified atom stereocenters. The van der Waals surface area contributed by atoms with Gasteiger partial charge in [-0.05, 0) is 48.9 Å². The number of piperidine rings is 1. The third-order valence-corrected chi connectivity index (χ3v) is 5.73. The third-order valence-electron chi connectivity index (χ3n) is 5.73. The van der Waals surface area contributed by atoms with E-state index in [-0.39, 0.29) is 0 Å². The summed E-state index contributed by atoms with van der Waals surface area (Å²) in [6, 6.07) is 11.1. The standard InChI is InChI=1S/C21H27N3O/c1-2-16-14-24(21(25)17-6-7-17)11-9-20(16)23-13-15-5-8-19-18(12-15)4-3-10-22-19/h3-5,8,10,12,16-17,20,23H,2,6-7,9,11,13-14H2,1H3/t16-,20+/m0/s1. The largest absolute Gasteiger partial charge is 0.342 e. The maximum Gasteiger partial charge on any atom is 0.225 e. The van der Waals surface area contributed by atoms with Crippen molar-refractivity contribution in [1.82, 2.24) is 15.2 Å². The topological polar surface area (TPSA) is 45.2 Å². The maximum absolute atomic E-state index is 12.3. The summed E-state index contributed by atoms with van der Waals surface area (Å²) >= 11 is 0. The molecule has 25 heavy (non-hydrogen) atoms. The molecule has 1 amide bonds. The van der Waals surface area contributed by atoms with Gasteiger partial charge in [0.25, 0.3) is 0 Å². The number of nitrogens with zero attached hydrogens (tertiary/aromatic N) is 2. The van der Waals surface area contributed by atoms with E-state index in [4.69, 9.17) is 0 Å². The van der Waals surface area contributed by atoms with Crippen molar-refractivity contribution in [3.8, 4) is 0 Å². The first-order valence-corrected chi connectivity index (χ1v) is 9.60. The van der Waals surface area contributed by atoms with Crippen molar-refractivity contribution in [1.29, 1.82) is 0 Å². The molecule has 2 aromatic rings. The second-order valence-electron chi connectivity index (χ2n) is 7.53. The summed E-state index contributed by atoms with van der Waals surface area (Å²) in [4.78, 5) is 18.8. The van der Waals surface area contributed by atoms with Gasteiger partial charge >= 0.3 is 0 Å². The van der Waals surface area contributed by atoms with E-state index in [0.29, 0.717) is 23.8 Å². The van der Waals surface area contributed by atoms with E-state index < -0.39 is 0 Å². The van der Waals surface area contributed by atoms with Gasteiger partial charge in [-0.25, -0.2) is 0 Å². The highest BCUT2D eigenvalue weighted by Crippen LogP contribution is 2.33. The van der Waals surface area contributed by atoms with Gasteiger partial charge in [-0.15, -0.1) is 0 Å². The van der Waals surface area contributed by atoms with E-state index in [1.54, 1.807) is 0 Å². The van der Waals surface area contributed by atoms with Crippen LogP contribution < -0.4 is 5.32 Å². The van der Waals surface area contributed by atoms with E-state index in [1.165, 1.54) is 10.9 Å². The zero-order valence-electron chi connectivity index (χ0n) is 14.9. The molecule has 1 aliphatic carbocycles. The molecule has 2 aliphatic rings. The Morgan fingerprint density at radius 3 is 2.96 bits per heavy atom. The molecule has 0 radical (unpaired) electrons. The Morgan fingerprint density at radius 1 is 1.28 bits per heavy atom. The minimum atomic E-state index is 0.341. The Morgan fingerprint density at radius 2 is 2.16 bits per heavy atom. The Kier molecular flexibility index (Phi) is 4.71. The van der Waals surface area contributed by atoms with Gasteiger partial charge in [-0.3, -0.25) is 9.78 Å². The average molecular weight is 337 g/mol. The van der Waals surface area contributed by atoms with Crippen LogP contribution in [0.25, 0.3) is 10.9 Å². The van der Waals surface area contributed by atoms with Gasteiger partial charge in [-0.1, -0.05) is 25.5 Å². The van der Waals surface area contributed by atoms with E-state index in [0.717, 1.165) is 50.8 Å². The van der Waals surface area contributed by atoms with Crippen LogP contribution in [-0.2, 0) is 11.3 Å². The fraction of sp³-hybridized carbons (Fsp3) is 0.524. The van der Waals surface area contributed by atoms with E-state index in [2.05, 4.69) is 46.4 Å². The third kappa shape index (κ3) is 3.69. The van der Waals surface area contributed by atoms with Crippen molar-refractivity contribution in [3.63, 3.8) is 0 Å². The van der Waals surface area contributed by atoms with Crippen LogP contribution in [0.1, 0.15) is 38.2 Å². The Hall–Kier alpha value is -1.94. The molecule has 1 saturated heterocycles. The van der Waals surface area contributed by atoms with E-state index in [1.807, 2.05) is 12.3 Å². The van der Waals surface area contributed by atoms with Crippen LogP contribution in [-0.4, -0.2) is 34.9 Å². The number of hydrogen-bond acceptors (Lipinski definition) is 3. The molecule has 1 aromatic carbocycles. The molecule has 4 nitrogen and oxygen atoms in total. The van der Waals surface area contributed by atoms with Gasteiger partial charge in [0, 0.05) is 43.2 Å². The first kappa shape index (κ1) is 16.5. The van der Waals surface area contributed by atoms with Gasteiger partial charge in [0.2, 0.25) is 5.91 Å². The number of rotatable bonds is 5. The molecule has 2 fully saturated rings. The number of hydrogen-bond donors (Lipinski definition) is 1. The highest BCUT2D eigenvalue weighted by molar-refractivity contribution is 5.81. The van der Waals surface area contributed by atoms with Crippen LogP contribution in [0, 0.1) is 11.8 Å². The highest BCUT2D eigenvalue weighted by Gasteiger charge is 2.37. The first-order valence-electron chi connectivity index (χ1n) is 9.60. The molecule has 1 aromatic heterocycles. The molecule has 1 aliphatic heterocycles. The number of pyridine rings is 1. The lowest BCUT2D eigenvalue weighted by atomic mass is 9.89. The molecule has 2 heterocycles. The molecule has 0 spiro atoms. The summed E-state index contributed by atoms with van der Waals surface area (Å²) in [7, 11) is 0. The Balaban J connectivity index is 1.37. The lowest BCUT2D eigenvalue weighted by Gasteiger charge is -2.39. The summed E-state index contributed by atoms with van der Waals surface area (Å²) in [5.41, 5.74) is 2.34. The fourth-order valence-corrected chi connectivity index (χ4v) is 3.99. The Labute approximate surface area is 149 Å². The average Bonchev–Trinajstić information content (AvgIpc) is 3.50. The minimum Gasteiger partial charge on any atom is -0.342 e. The van der Waals surface area contributed by atoms with Crippen molar-refractivity contribution in [2.45, 2.75) is 45.2 Å². The van der Waals surface area contributed by atoms with Crippen molar-refractivity contribution in [2.75, 3.05) is 13.1 Å². The first-order chi connectivity index (χ1) is 12.2. The lowest BCUT2D eigenvalue weighted by molar-refractivity contribution is -0.134. The molecule has 132 valence electrons. The number of carbonyl (C=O) groups is 1. The number of nitrogens with one attached hydrogen (secondary N) is 1. The van der Waals surface area contributed by atoms with Crippen LogP contribution in [0.3, 0.4) is 0 Å². The number of aromatic nitrogens is 1. The summed E-state index contributed by atoms with van der Waals surface area (Å²) in [6.07, 6.45) is 6.22. The van der Waals surface area contributed by atoms with Gasteiger partial charge in [0.05, 0.1) is 5.52 Å². The minimum absolute atomic E-state index is 0.341. The molecular weight excluding hydrogens is 310 g/mol. The summed E-state index contributed by atoms with van der Waals surface area (Å²) in [5.74, 6) is 1.30. The van der Waals surface area contributed by atoms with Crippen molar-refractivity contribution < 1.29 is 4.79 Å². The van der Waals surface area contributed by atoms with Gasteiger partial charge < -0.3 is 10.2 Å². The SMILES string of the molecule is CC[C@H]1CN(C(=O)C2CC2)CC[C@H]1NCc1ccc2ncccc2c1. The van der Waals surface area contributed by atoms with Crippen molar-refractivity contribution in [3.05, 3.63) is 42.1 Å². The van der Waals surface area contributed by atoms with Crippen LogP contribution >= 0.6 is 0 Å². The van der Waals surface area contributed by atoms with Crippen LogP contribution in [0.2, 0.25) is 0 Å². The zero-order chi connectivity index (χ0) is 17.2. The van der Waals surface area contributed by atoms with Crippen molar-refractivity contribution >= 4 is 16.8 Å². The van der Waals surface area contributed by atoms with Gasteiger partial charge in [0.1, 0.15) is 0 Å². The predicted molar refractivity (Wildman–Crippen MR) is 100 cm³/mol. The summed E-state index contributed by atoms with van der Waals surface area (Å²) in [5, 5.41) is 4.94. The van der Waals surface area contributed by atoms with Gasteiger partial charge in [0.15, 0.2) is 0 Å². The monoisotopic (exact) mass is 337 g/mol. The lowest BCUT2D eigenvalue weighted by Crippen LogP contribution is -2.51. The second kappa shape index (κ2) is 7.12. The normalized spacial score (nSPS) is 23.8. The second-order valence-corrected chi connectivity index (χ2v) is 7.53. The quantitative estimate of drug-likeness (QED) is 0.910. The number of likely N-dealkylation sites (tertiary alicyclic amines) is 1. The molecule has 0 bridgehead atoms. The summed E-state index contributed by atoms with van der Waals surface area (Å²) < 4.78 is 0. The maximum atomic E-state index is 12.3. The van der Waals surface area contributed by atoms with Crippen LogP contribution in [0.5, 0.6) is 0 Å². The highest BCUT2D eigenvalue weighted by atomic mass is 16.2. The number of benzene rings is 1. The van der Waals surface area contributed by atoms with Gasteiger partial charge in [-0.2, -0.15) is 0 Å². The molecule has 2 atom stereocenters. The van der Waals surface area contributed by atoms with Crippen LogP contribution in [0.4, 0.5) is 0 Å². The molecule has 1 N–H and O–H groups in total. The van der Waals surface area contributed by atoms with E-state index in [9.17, 15) is 4.79 Å². The molecular formula is C21H27N3O. The van der Waals surface area contributed by atoms with Crippen molar-refractivity contribution in [2.24, 2.45) is 11.8 Å². The smallest absolute Gasteiger partial charge is 0.225 e. The molecule has 4 rings (SSSR count). The summed E-state index contributed by atoms with van der Waals surface area (Å²) in [6.45, 7) is 4.95. The number of carbonyl (C=O) groups excluding carboxylic acids is 1. The van der Waals surface area contributed by atoms with Crippen LogP contribution in [0.15, 0.2) is 36.5 Å². The predicted octanol–water partition coefficient (Wildman–Crippen LogP) is 3.36. The fourth-order valence-electron chi connectivity index (χ4n) is 3.99. The number of fused-ring (bicyclic) bond motifs is 1. The van der Waals surface area contributed by atoms with E-state index >= 15 is 0 Å². The molecule has 1 saturated carbocycles. The number of amides is 1. The zero-order valence-corrected chi connectivity index (χ0v) is 14.9. The molecule has 4 heteroatoms. The Bertz CT molecular complexity index is 756.